The minimum absolute atomic E-state index is 0. The fraction of sp³-hybridized carbons (Fsp3) is 0.435. The van der Waals surface area contributed by atoms with Gasteiger partial charge in [0.25, 0.3) is 0 Å². The van der Waals surface area contributed by atoms with Crippen LogP contribution in [0.25, 0.3) is 0 Å². The lowest BCUT2D eigenvalue weighted by molar-refractivity contribution is 0.209. The first kappa shape index (κ1) is 20.5. The van der Waals surface area contributed by atoms with Crippen LogP contribution >= 0.6 is 12.4 Å². The Labute approximate surface area is 174 Å². The third-order valence-electron chi connectivity index (χ3n) is 5.43. The first-order valence-electron chi connectivity index (χ1n) is 10.2. The second-order valence-corrected chi connectivity index (χ2v) is 7.61. The minimum Gasteiger partial charge on any atom is -0.493 e. The number of halogens is 1. The molecule has 1 heterocycles. The van der Waals surface area contributed by atoms with E-state index >= 15 is 0 Å². The van der Waals surface area contributed by atoms with Crippen molar-refractivity contribution >= 4 is 24.1 Å². The Morgan fingerprint density at radius 2 is 1.61 bits per heavy atom. The predicted molar refractivity (Wildman–Crippen MR) is 119 cm³/mol. The van der Waals surface area contributed by atoms with Gasteiger partial charge in [-0.3, -0.25) is 4.99 Å². The number of rotatable bonds is 6. The molecule has 0 atom stereocenters. The Kier molecular flexibility index (Phi) is 7.61. The maximum atomic E-state index is 6.00. The summed E-state index contributed by atoms with van der Waals surface area (Å²) in [5, 5.41) is 6.53. The zero-order chi connectivity index (χ0) is 18.3. The standard InChI is InChI=1S/C23H29N3O.ClH/c1-2-4-20(5-3-1)17-27-22-12-8-19(9-13-22)16-18-6-10-21(11-7-18)26-23-24-14-15-25-23;/h6-13,20H,1-5,14-17H2,(H2,24,25,26);1H. The lowest BCUT2D eigenvalue weighted by Gasteiger charge is -2.21. The molecule has 4 rings (SSSR count). The van der Waals surface area contributed by atoms with Crippen molar-refractivity contribution in [3.63, 3.8) is 0 Å². The van der Waals surface area contributed by atoms with Gasteiger partial charge >= 0.3 is 0 Å². The van der Waals surface area contributed by atoms with Gasteiger partial charge in [-0.2, -0.15) is 0 Å². The molecule has 1 aliphatic heterocycles. The van der Waals surface area contributed by atoms with Crippen molar-refractivity contribution in [3.8, 4) is 5.75 Å². The van der Waals surface area contributed by atoms with Gasteiger partial charge < -0.3 is 15.4 Å². The molecular weight excluding hydrogens is 370 g/mol. The molecule has 0 aromatic heterocycles. The summed E-state index contributed by atoms with van der Waals surface area (Å²) in [6, 6.07) is 17.1. The fourth-order valence-electron chi connectivity index (χ4n) is 3.83. The van der Waals surface area contributed by atoms with Crippen molar-refractivity contribution in [2.75, 3.05) is 25.0 Å². The molecule has 2 aromatic rings. The van der Waals surface area contributed by atoms with Crippen molar-refractivity contribution < 1.29 is 4.74 Å². The smallest absolute Gasteiger partial charge is 0.195 e. The third kappa shape index (κ3) is 5.90. The van der Waals surface area contributed by atoms with Gasteiger partial charge in [-0.05, 0) is 60.6 Å². The van der Waals surface area contributed by atoms with Crippen molar-refractivity contribution in [2.45, 2.75) is 38.5 Å². The number of benzene rings is 2. The molecule has 0 unspecified atom stereocenters. The first-order chi connectivity index (χ1) is 13.3. The summed E-state index contributed by atoms with van der Waals surface area (Å²) in [6.07, 6.45) is 7.72. The second-order valence-electron chi connectivity index (χ2n) is 7.61. The van der Waals surface area contributed by atoms with Crippen LogP contribution in [0.2, 0.25) is 0 Å². The number of aliphatic imine (C=N–C) groups is 1. The average molecular weight is 400 g/mol. The van der Waals surface area contributed by atoms with E-state index in [9.17, 15) is 0 Å². The van der Waals surface area contributed by atoms with Crippen LogP contribution in [0.3, 0.4) is 0 Å². The summed E-state index contributed by atoms with van der Waals surface area (Å²) in [4.78, 5) is 4.36. The Morgan fingerprint density at radius 1 is 0.929 bits per heavy atom. The number of hydrogen-bond acceptors (Lipinski definition) is 4. The molecular formula is C23H30ClN3O. The highest BCUT2D eigenvalue weighted by molar-refractivity contribution is 5.94. The van der Waals surface area contributed by atoms with Gasteiger partial charge in [0.05, 0.1) is 13.2 Å². The zero-order valence-corrected chi connectivity index (χ0v) is 17.1. The van der Waals surface area contributed by atoms with Gasteiger partial charge in [0, 0.05) is 12.2 Å². The van der Waals surface area contributed by atoms with E-state index < -0.39 is 0 Å². The molecule has 0 radical (unpaired) electrons. The van der Waals surface area contributed by atoms with Gasteiger partial charge in [-0.1, -0.05) is 43.5 Å². The zero-order valence-electron chi connectivity index (χ0n) is 16.3. The third-order valence-corrected chi connectivity index (χ3v) is 5.43. The summed E-state index contributed by atoms with van der Waals surface area (Å²) in [6.45, 7) is 2.63. The highest BCUT2D eigenvalue weighted by Gasteiger charge is 2.13. The second kappa shape index (κ2) is 10.4. The maximum Gasteiger partial charge on any atom is 0.195 e. The number of hydrogen-bond donors (Lipinski definition) is 2. The van der Waals surface area contributed by atoms with Crippen LogP contribution in [0, 0.1) is 5.92 Å². The molecule has 0 amide bonds. The topological polar surface area (TPSA) is 45.7 Å². The van der Waals surface area contributed by atoms with Crippen LogP contribution in [-0.2, 0) is 6.42 Å². The van der Waals surface area contributed by atoms with E-state index in [1.54, 1.807) is 0 Å². The number of ether oxygens (including phenoxy) is 1. The molecule has 1 saturated carbocycles. The predicted octanol–water partition coefficient (Wildman–Crippen LogP) is 5.03. The van der Waals surface area contributed by atoms with Crippen LogP contribution in [-0.4, -0.2) is 25.7 Å². The summed E-state index contributed by atoms with van der Waals surface area (Å²) in [5.41, 5.74) is 3.68. The van der Waals surface area contributed by atoms with Crippen molar-refractivity contribution in [1.29, 1.82) is 0 Å². The first-order valence-corrected chi connectivity index (χ1v) is 10.2. The number of anilines is 1. The molecule has 2 aliphatic rings. The van der Waals surface area contributed by atoms with Crippen molar-refractivity contribution in [2.24, 2.45) is 10.9 Å². The quantitative estimate of drug-likeness (QED) is 0.716. The van der Waals surface area contributed by atoms with Crippen molar-refractivity contribution in [3.05, 3.63) is 59.7 Å². The summed E-state index contributed by atoms with van der Waals surface area (Å²) in [5.74, 6) is 2.61. The van der Waals surface area contributed by atoms with Gasteiger partial charge in [0.2, 0.25) is 0 Å². The minimum atomic E-state index is 0. The molecule has 0 bridgehead atoms. The van der Waals surface area contributed by atoms with E-state index in [0.29, 0.717) is 0 Å². The van der Waals surface area contributed by atoms with Crippen LogP contribution in [0.15, 0.2) is 53.5 Å². The largest absolute Gasteiger partial charge is 0.493 e. The summed E-state index contributed by atoms with van der Waals surface area (Å²) >= 11 is 0. The maximum absolute atomic E-state index is 6.00. The van der Waals surface area contributed by atoms with Crippen LogP contribution < -0.4 is 15.4 Å². The van der Waals surface area contributed by atoms with Gasteiger partial charge in [0.1, 0.15) is 5.75 Å². The molecule has 0 spiro atoms. The van der Waals surface area contributed by atoms with E-state index in [0.717, 1.165) is 49.4 Å². The van der Waals surface area contributed by atoms with Crippen LogP contribution in [0.1, 0.15) is 43.2 Å². The van der Waals surface area contributed by atoms with E-state index in [4.69, 9.17) is 4.74 Å². The molecule has 150 valence electrons. The van der Waals surface area contributed by atoms with Crippen LogP contribution in [0.5, 0.6) is 5.75 Å². The summed E-state index contributed by atoms with van der Waals surface area (Å²) in [7, 11) is 0. The Morgan fingerprint density at radius 3 is 2.25 bits per heavy atom. The highest BCUT2D eigenvalue weighted by Crippen LogP contribution is 2.25. The monoisotopic (exact) mass is 399 g/mol. The molecule has 5 heteroatoms. The number of nitrogens with zero attached hydrogens (tertiary/aromatic N) is 1. The van der Waals surface area contributed by atoms with E-state index in [1.165, 1.54) is 43.2 Å². The van der Waals surface area contributed by atoms with Crippen molar-refractivity contribution in [1.82, 2.24) is 5.32 Å². The Hall–Kier alpha value is -2.20. The number of nitrogens with one attached hydrogen (secondary N) is 2. The highest BCUT2D eigenvalue weighted by atomic mass is 35.5. The average Bonchev–Trinajstić information content (AvgIpc) is 3.23. The van der Waals surface area contributed by atoms with E-state index in [-0.39, 0.29) is 12.4 Å². The molecule has 1 fully saturated rings. The molecule has 2 N–H and O–H groups in total. The molecule has 1 aliphatic carbocycles. The SMILES string of the molecule is Cl.c1cc(NC2=NCCN2)ccc1Cc1ccc(OCC2CCCCC2)cc1. The lowest BCUT2D eigenvalue weighted by Crippen LogP contribution is -2.26. The molecule has 28 heavy (non-hydrogen) atoms. The molecule has 4 nitrogen and oxygen atoms in total. The fourth-order valence-corrected chi connectivity index (χ4v) is 3.83. The van der Waals surface area contributed by atoms with E-state index in [2.05, 4.69) is 64.2 Å². The number of guanidine groups is 1. The van der Waals surface area contributed by atoms with Gasteiger partial charge in [0.15, 0.2) is 5.96 Å². The molecule has 0 saturated heterocycles. The van der Waals surface area contributed by atoms with Gasteiger partial charge in [-0.15, -0.1) is 12.4 Å². The van der Waals surface area contributed by atoms with E-state index in [1.807, 2.05) is 0 Å². The van der Waals surface area contributed by atoms with Crippen LogP contribution in [0.4, 0.5) is 5.69 Å². The summed E-state index contributed by atoms with van der Waals surface area (Å²) < 4.78 is 6.00. The normalized spacial score (nSPS) is 16.6. The Balaban J connectivity index is 0.00000225. The Bertz CT molecular complexity index is 752. The molecule has 2 aromatic carbocycles. The lowest BCUT2D eigenvalue weighted by atomic mass is 9.90. The van der Waals surface area contributed by atoms with Gasteiger partial charge in [-0.25, -0.2) is 0 Å².